The van der Waals surface area contributed by atoms with E-state index >= 15 is 0 Å². The second kappa shape index (κ2) is 7.65. The third kappa shape index (κ3) is 5.40. The summed E-state index contributed by atoms with van der Waals surface area (Å²) in [4.78, 5) is 18.2. The van der Waals surface area contributed by atoms with Gasteiger partial charge in [-0.2, -0.15) is 0 Å². The maximum absolute atomic E-state index is 11.8. The van der Waals surface area contributed by atoms with Crippen molar-refractivity contribution in [3.63, 3.8) is 0 Å². The summed E-state index contributed by atoms with van der Waals surface area (Å²) in [6.45, 7) is 5.75. The average Bonchev–Trinajstić information content (AvgIpc) is 2.38. The number of nitrogens with zero attached hydrogens (tertiary/aromatic N) is 2. The molecule has 0 fully saturated rings. The molecule has 0 spiro atoms. The Morgan fingerprint density at radius 1 is 1.35 bits per heavy atom. The van der Waals surface area contributed by atoms with E-state index in [4.69, 9.17) is 4.74 Å². The van der Waals surface area contributed by atoms with Crippen molar-refractivity contribution in [1.29, 1.82) is 0 Å². The number of hydrogen-bond donors (Lipinski definition) is 1. The summed E-state index contributed by atoms with van der Waals surface area (Å²) in [6, 6.07) is 7.45. The monoisotopic (exact) mass is 277 g/mol. The van der Waals surface area contributed by atoms with Crippen LogP contribution in [0.4, 0.5) is 11.4 Å². The molecule has 0 aliphatic rings. The van der Waals surface area contributed by atoms with Gasteiger partial charge in [-0.05, 0) is 32.9 Å². The summed E-state index contributed by atoms with van der Waals surface area (Å²) in [5.41, 5.74) is 1.42. The predicted molar refractivity (Wildman–Crippen MR) is 82.6 cm³/mol. The van der Waals surface area contributed by atoms with E-state index in [1.807, 2.05) is 64.0 Å². The number of ether oxygens (including phenoxy) is 1. The van der Waals surface area contributed by atoms with Crippen LogP contribution in [-0.4, -0.2) is 43.4 Å². The summed E-state index contributed by atoms with van der Waals surface area (Å²) in [6.07, 6.45) is 0.0324. The van der Waals surface area contributed by atoms with Crippen molar-refractivity contribution in [1.82, 2.24) is 4.90 Å². The van der Waals surface area contributed by atoms with Crippen molar-refractivity contribution in [3.05, 3.63) is 24.3 Å². The van der Waals surface area contributed by atoms with Gasteiger partial charge in [0.1, 0.15) is 12.4 Å². The molecule has 1 amide bonds. The molecule has 0 unspecified atom stereocenters. The summed E-state index contributed by atoms with van der Waals surface area (Å²) in [5.74, 6) is 0.689. The van der Waals surface area contributed by atoms with E-state index in [9.17, 15) is 4.79 Å². The van der Waals surface area contributed by atoms with E-state index in [1.54, 1.807) is 0 Å². The summed E-state index contributed by atoms with van der Waals surface area (Å²) in [7, 11) is 3.85. The van der Waals surface area contributed by atoms with E-state index in [0.717, 1.165) is 11.5 Å². The fraction of sp³-hybridized carbons (Fsp3) is 0.467. The standard InChI is InChI=1S/C15H23N3O2/c1-11(2)20-10-15(19)17-14-9-7-6-8-13(14)16-12(3)18(4)5/h6-9,11H,10H2,1-5H3,(H,17,19)/b16-12+. The Kier molecular flexibility index (Phi) is 6.18. The first-order chi connectivity index (χ1) is 9.40. The molecule has 0 atom stereocenters. The summed E-state index contributed by atoms with van der Waals surface area (Å²) in [5, 5.41) is 2.82. The lowest BCUT2D eigenvalue weighted by Crippen LogP contribution is -2.21. The van der Waals surface area contributed by atoms with E-state index < -0.39 is 0 Å². The van der Waals surface area contributed by atoms with Crippen LogP contribution in [0, 0.1) is 0 Å². The van der Waals surface area contributed by atoms with Gasteiger partial charge in [-0.15, -0.1) is 0 Å². The van der Waals surface area contributed by atoms with Gasteiger partial charge in [-0.3, -0.25) is 4.79 Å². The van der Waals surface area contributed by atoms with Crippen LogP contribution in [-0.2, 0) is 9.53 Å². The van der Waals surface area contributed by atoms with Gasteiger partial charge in [0.25, 0.3) is 0 Å². The lowest BCUT2D eigenvalue weighted by Gasteiger charge is -2.13. The maximum atomic E-state index is 11.8. The van der Waals surface area contributed by atoms with Crippen LogP contribution in [0.15, 0.2) is 29.3 Å². The number of rotatable bonds is 5. The van der Waals surface area contributed by atoms with Crippen LogP contribution in [0.1, 0.15) is 20.8 Å². The minimum absolute atomic E-state index is 0.0324. The van der Waals surface area contributed by atoms with Crippen LogP contribution >= 0.6 is 0 Å². The molecule has 1 aromatic rings. The summed E-state index contributed by atoms with van der Waals surface area (Å²) < 4.78 is 5.28. The van der Waals surface area contributed by atoms with Crippen LogP contribution < -0.4 is 5.32 Å². The molecule has 110 valence electrons. The SMILES string of the molecule is C/C(=N\c1ccccc1NC(=O)COC(C)C)N(C)C. The number of benzene rings is 1. The Bertz CT molecular complexity index is 482. The molecule has 0 aliphatic carbocycles. The predicted octanol–water partition coefficient (Wildman–Crippen LogP) is 2.66. The molecule has 0 bridgehead atoms. The van der Waals surface area contributed by atoms with Gasteiger partial charge in [0.15, 0.2) is 0 Å². The average molecular weight is 277 g/mol. The smallest absolute Gasteiger partial charge is 0.250 e. The largest absolute Gasteiger partial charge is 0.369 e. The van der Waals surface area contributed by atoms with Gasteiger partial charge in [0.05, 0.1) is 17.5 Å². The molecule has 5 nitrogen and oxygen atoms in total. The molecule has 0 heterocycles. The molecule has 0 radical (unpaired) electrons. The lowest BCUT2D eigenvalue weighted by atomic mass is 10.2. The van der Waals surface area contributed by atoms with Gasteiger partial charge in [-0.25, -0.2) is 4.99 Å². The van der Waals surface area contributed by atoms with E-state index in [-0.39, 0.29) is 18.6 Å². The molecular weight excluding hydrogens is 254 g/mol. The van der Waals surface area contributed by atoms with E-state index in [1.165, 1.54) is 0 Å². The highest BCUT2D eigenvalue weighted by Gasteiger charge is 2.07. The molecule has 0 saturated heterocycles. The van der Waals surface area contributed by atoms with Gasteiger partial charge < -0.3 is 15.0 Å². The number of anilines is 1. The van der Waals surface area contributed by atoms with Gasteiger partial charge in [0.2, 0.25) is 5.91 Å². The number of nitrogens with one attached hydrogen (secondary N) is 1. The molecule has 5 heteroatoms. The highest BCUT2D eigenvalue weighted by atomic mass is 16.5. The Balaban J connectivity index is 2.81. The second-order valence-corrected chi connectivity index (χ2v) is 4.98. The number of aliphatic imine (C=N–C) groups is 1. The Labute approximate surface area is 120 Å². The van der Waals surface area contributed by atoms with Gasteiger partial charge in [-0.1, -0.05) is 12.1 Å². The topological polar surface area (TPSA) is 53.9 Å². The molecule has 0 aromatic heterocycles. The summed E-state index contributed by atoms with van der Waals surface area (Å²) >= 11 is 0. The van der Waals surface area contributed by atoms with E-state index in [2.05, 4.69) is 10.3 Å². The first kappa shape index (κ1) is 16.2. The number of hydrogen-bond acceptors (Lipinski definition) is 3. The normalized spacial score (nSPS) is 11.6. The number of amidine groups is 1. The number of amides is 1. The van der Waals surface area contributed by atoms with Crippen molar-refractivity contribution in [2.75, 3.05) is 26.0 Å². The van der Waals surface area contributed by atoms with Crippen molar-refractivity contribution in [2.45, 2.75) is 26.9 Å². The Morgan fingerprint density at radius 3 is 2.60 bits per heavy atom. The fourth-order valence-electron chi connectivity index (χ4n) is 1.38. The highest BCUT2D eigenvalue weighted by Crippen LogP contribution is 2.24. The number of carbonyl (C=O) groups excluding carboxylic acids is 1. The van der Waals surface area contributed by atoms with Crippen LogP contribution in [0.5, 0.6) is 0 Å². The minimum atomic E-state index is -0.177. The van der Waals surface area contributed by atoms with Crippen molar-refractivity contribution < 1.29 is 9.53 Å². The van der Waals surface area contributed by atoms with Crippen LogP contribution in [0.2, 0.25) is 0 Å². The van der Waals surface area contributed by atoms with Gasteiger partial charge >= 0.3 is 0 Å². The van der Waals surface area contributed by atoms with Gasteiger partial charge in [0, 0.05) is 14.1 Å². The number of para-hydroxylation sites is 2. The zero-order chi connectivity index (χ0) is 15.1. The van der Waals surface area contributed by atoms with E-state index in [0.29, 0.717) is 5.69 Å². The fourth-order valence-corrected chi connectivity index (χ4v) is 1.38. The van der Waals surface area contributed by atoms with Crippen molar-refractivity contribution in [3.8, 4) is 0 Å². The zero-order valence-corrected chi connectivity index (χ0v) is 12.8. The Hall–Kier alpha value is -1.88. The quantitative estimate of drug-likeness (QED) is 0.665. The molecular formula is C15H23N3O2. The first-order valence-corrected chi connectivity index (χ1v) is 6.63. The molecule has 1 aromatic carbocycles. The minimum Gasteiger partial charge on any atom is -0.369 e. The number of carbonyl (C=O) groups is 1. The van der Waals surface area contributed by atoms with Crippen molar-refractivity contribution >= 4 is 23.1 Å². The van der Waals surface area contributed by atoms with Crippen LogP contribution in [0.25, 0.3) is 0 Å². The highest BCUT2D eigenvalue weighted by molar-refractivity contribution is 5.95. The van der Waals surface area contributed by atoms with Crippen LogP contribution in [0.3, 0.4) is 0 Å². The van der Waals surface area contributed by atoms with Crippen molar-refractivity contribution in [2.24, 2.45) is 4.99 Å². The lowest BCUT2D eigenvalue weighted by molar-refractivity contribution is -0.121. The third-order valence-electron chi connectivity index (χ3n) is 2.66. The molecule has 1 N–H and O–H groups in total. The second-order valence-electron chi connectivity index (χ2n) is 4.98. The Morgan fingerprint density at radius 2 is 2.00 bits per heavy atom. The first-order valence-electron chi connectivity index (χ1n) is 6.63. The molecule has 20 heavy (non-hydrogen) atoms. The third-order valence-corrected chi connectivity index (χ3v) is 2.66. The zero-order valence-electron chi connectivity index (χ0n) is 12.8. The molecule has 1 rings (SSSR count). The molecule has 0 aliphatic heterocycles. The maximum Gasteiger partial charge on any atom is 0.250 e. The molecule has 0 saturated carbocycles.